The van der Waals surface area contributed by atoms with Gasteiger partial charge in [0.2, 0.25) is 0 Å². The van der Waals surface area contributed by atoms with E-state index in [1.807, 2.05) is 0 Å². The van der Waals surface area contributed by atoms with Gasteiger partial charge >= 0.3 is 0 Å². The molecule has 0 aliphatic carbocycles. The number of hydrogen-bond acceptors (Lipinski definition) is 1. The second-order valence-electron chi connectivity index (χ2n) is 3.64. The zero-order chi connectivity index (χ0) is 9.26. The van der Waals surface area contributed by atoms with Gasteiger partial charge in [-0.05, 0) is 43.0 Å². The smallest absolute Gasteiger partial charge is 0.0207 e. The van der Waals surface area contributed by atoms with E-state index in [0.717, 1.165) is 19.0 Å². The van der Waals surface area contributed by atoms with Crippen molar-refractivity contribution in [3.63, 3.8) is 0 Å². The summed E-state index contributed by atoms with van der Waals surface area (Å²) in [7, 11) is 0. The van der Waals surface area contributed by atoms with Crippen LogP contribution in [0.5, 0.6) is 0 Å². The van der Waals surface area contributed by atoms with E-state index < -0.39 is 0 Å². The fourth-order valence-corrected chi connectivity index (χ4v) is 2.37. The molecule has 0 amide bonds. The molecule has 0 radical (unpaired) electrons. The van der Waals surface area contributed by atoms with Crippen molar-refractivity contribution >= 4 is 15.9 Å². The molecule has 70 valence electrons. The third kappa shape index (κ3) is 1.79. The van der Waals surface area contributed by atoms with Crippen LogP contribution in [0.25, 0.3) is 0 Å². The molecule has 2 heteroatoms. The summed E-state index contributed by atoms with van der Waals surface area (Å²) < 4.78 is 1.23. The Morgan fingerprint density at radius 3 is 3.00 bits per heavy atom. The van der Waals surface area contributed by atoms with E-state index >= 15 is 0 Å². The van der Waals surface area contributed by atoms with E-state index in [1.54, 1.807) is 0 Å². The first kappa shape index (κ1) is 9.22. The molecular weight excluding hydrogens is 226 g/mol. The zero-order valence-corrected chi connectivity index (χ0v) is 9.39. The van der Waals surface area contributed by atoms with Crippen molar-refractivity contribution in [2.75, 3.05) is 13.1 Å². The Balaban J connectivity index is 2.33. The van der Waals surface area contributed by atoms with Gasteiger partial charge in [0.15, 0.2) is 0 Å². The first-order valence-electron chi connectivity index (χ1n) is 4.75. The molecule has 13 heavy (non-hydrogen) atoms. The Kier molecular flexibility index (Phi) is 2.70. The topological polar surface area (TPSA) is 12.0 Å². The largest absolute Gasteiger partial charge is 0.316 e. The first-order chi connectivity index (χ1) is 6.29. The van der Waals surface area contributed by atoms with Crippen LogP contribution in [-0.2, 0) is 0 Å². The average Bonchev–Trinajstić information content (AvgIpc) is 2.62. The Morgan fingerprint density at radius 2 is 2.31 bits per heavy atom. The summed E-state index contributed by atoms with van der Waals surface area (Å²) in [6.07, 6.45) is 1.28. The molecular formula is C11H14BrN. The molecule has 1 unspecified atom stereocenters. The van der Waals surface area contributed by atoms with Gasteiger partial charge in [0, 0.05) is 11.0 Å². The van der Waals surface area contributed by atoms with Gasteiger partial charge in [-0.15, -0.1) is 0 Å². The van der Waals surface area contributed by atoms with E-state index in [9.17, 15) is 0 Å². The van der Waals surface area contributed by atoms with Gasteiger partial charge in [0.05, 0.1) is 0 Å². The molecule has 1 aromatic rings. The zero-order valence-electron chi connectivity index (χ0n) is 7.81. The fraction of sp³-hybridized carbons (Fsp3) is 0.455. The Morgan fingerprint density at radius 1 is 1.46 bits per heavy atom. The number of halogens is 1. The third-order valence-corrected chi connectivity index (χ3v) is 3.67. The van der Waals surface area contributed by atoms with Crippen molar-refractivity contribution in [2.45, 2.75) is 19.3 Å². The van der Waals surface area contributed by atoms with Crippen molar-refractivity contribution in [3.8, 4) is 0 Å². The lowest BCUT2D eigenvalue weighted by atomic mass is 9.94. The molecule has 1 aliphatic heterocycles. The number of rotatable bonds is 1. The van der Waals surface area contributed by atoms with Crippen LogP contribution in [0.4, 0.5) is 0 Å². The van der Waals surface area contributed by atoms with Gasteiger partial charge in [-0.1, -0.05) is 28.1 Å². The molecule has 1 aromatic carbocycles. The molecule has 1 aliphatic rings. The van der Waals surface area contributed by atoms with Crippen LogP contribution in [0.3, 0.4) is 0 Å². The van der Waals surface area contributed by atoms with E-state index in [1.165, 1.54) is 22.0 Å². The maximum Gasteiger partial charge on any atom is 0.0207 e. The Hall–Kier alpha value is -0.340. The fourth-order valence-electron chi connectivity index (χ4n) is 1.99. The highest BCUT2D eigenvalue weighted by molar-refractivity contribution is 9.10. The molecule has 0 aromatic heterocycles. The lowest BCUT2D eigenvalue weighted by Gasteiger charge is -2.13. The summed E-state index contributed by atoms with van der Waals surface area (Å²) >= 11 is 3.57. The van der Waals surface area contributed by atoms with Gasteiger partial charge in [0.1, 0.15) is 0 Å². The molecule has 1 N–H and O–H groups in total. The number of hydrogen-bond donors (Lipinski definition) is 1. The van der Waals surface area contributed by atoms with Crippen LogP contribution in [0.1, 0.15) is 23.5 Å². The molecule has 1 nitrogen and oxygen atoms in total. The van der Waals surface area contributed by atoms with Crippen LogP contribution in [-0.4, -0.2) is 13.1 Å². The third-order valence-electron chi connectivity index (χ3n) is 2.81. The molecule has 0 spiro atoms. The van der Waals surface area contributed by atoms with E-state index in [2.05, 4.69) is 46.4 Å². The predicted octanol–water partition coefficient (Wildman–Crippen LogP) is 2.83. The molecule has 1 saturated heterocycles. The SMILES string of the molecule is Cc1c(Br)cccc1C1CCNC1. The van der Waals surface area contributed by atoms with Gasteiger partial charge in [-0.3, -0.25) is 0 Å². The highest BCUT2D eigenvalue weighted by Gasteiger charge is 2.18. The highest BCUT2D eigenvalue weighted by atomic mass is 79.9. The van der Waals surface area contributed by atoms with Gasteiger partial charge < -0.3 is 5.32 Å². The van der Waals surface area contributed by atoms with E-state index in [0.29, 0.717) is 0 Å². The molecule has 1 fully saturated rings. The van der Waals surface area contributed by atoms with Gasteiger partial charge in [0.25, 0.3) is 0 Å². The molecule has 2 rings (SSSR count). The number of nitrogens with one attached hydrogen (secondary N) is 1. The first-order valence-corrected chi connectivity index (χ1v) is 5.54. The predicted molar refractivity (Wildman–Crippen MR) is 59.1 cm³/mol. The van der Waals surface area contributed by atoms with E-state index in [-0.39, 0.29) is 0 Å². The van der Waals surface area contributed by atoms with Crippen molar-refractivity contribution in [2.24, 2.45) is 0 Å². The normalized spacial score (nSPS) is 22.2. The molecule has 1 atom stereocenters. The van der Waals surface area contributed by atoms with Crippen molar-refractivity contribution < 1.29 is 0 Å². The van der Waals surface area contributed by atoms with Crippen LogP contribution in [0, 0.1) is 6.92 Å². The second-order valence-corrected chi connectivity index (χ2v) is 4.50. The summed E-state index contributed by atoms with van der Waals surface area (Å²) in [6, 6.07) is 6.49. The minimum absolute atomic E-state index is 0.720. The van der Waals surface area contributed by atoms with Crippen LogP contribution >= 0.6 is 15.9 Å². The Labute approximate surface area is 87.7 Å². The highest BCUT2D eigenvalue weighted by Crippen LogP contribution is 2.29. The van der Waals surface area contributed by atoms with Crippen molar-refractivity contribution in [3.05, 3.63) is 33.8 Å². The Bertz CT molecular complexity index is 303. The average molecular weight is 240 g/mol. The molecule has 0 bridgehead atoms. The second kappa shape index (κ2) is 3.81. The number of benzene rings is 1. The van der Waals surface area contributed by atoms with Crippen molar-refractivity contribution in [1.29, 1.82) is 0 Å². The summed E-state index contributed by atoms with van der Waals surface area (Å²) in [5, 5.41) is 3.40. The standard InChI is InChI=1S/C11H14BrN/c1-8-10(3-2-4-11(8)12)9-5-6-13-7-9/h2-4,9,13H,5-7H2,1H3. The lowest BCUT2D eigenvalue weighted by molar-refractivity contribution is 0.756. The minimum atomic E-state index is 0.720. The van der Waals surface area contributed by atoms with E-state index in [4.69, 9.17) is 0 Å². The summed E-state index contributed by atoms with van der Waals surface area (Å²) in [5.41, 5.74) is 2.90. The van der Waals surface area contributed by atoms with Gasteiger partial charge in [-0.2, -0.15) is 0 Å². The van der Waals surface area contributed by atoms with Crippen molar-refractivity contribution in [1.82, 2.24) is 5.32 Å². The minimum Gasteiger partial charge on any atom is -0.316 e. The van der Waals surface area contributed by atoms with Gasteiger partial charge in [-0.25, -0.2) is 0 Å². The molecule has 0 saturated carbocycles. The maximum atomic E-state index is 3.57. The summed E-state index contributed by atoms with van der Waals surface area (Å²) in [4.78, 5) is 0. The lowest BCUT2D eigenvalue weighted by Crippen LogP contribution is -2.08. The molecule has 1 heterocycles. The summed E-state index contributed by atoms with van der Waals surface area (Å²) in [6.45, 7) is 4.49. The van der Waals surface area contributed by atoms with Crippen LogP contribution < -0.4 is 5.32 Å². The van der Waals surface area contributed by atoms with Crippen LogP contribution in [0.2, 0.25) is 0 Å². The maximum absolute atomic E-state index is 3.57. The van der Waals surface area contributed by atoms with Crippen LogP contribution in [0.15, 0.2) is 22.7 Å². The monoisotopic (exact) mass is 239 g/mol. The summed E-state index contributed by atoms with van der Waals surface area (Å²) in [5.74, 6) is 0.720. The quantitative estimate of drug-likeness (QED) is 0.795.